The number of nitrogens with one attached hydrogen (secondary N) is 1. The lowest BCUT2D eigenvalue weighted by Gasteiger charge is -2.10. The largest absolute Gasteiger partial charge is 0.452 e. The fourth-order valence-electron chi connectivity index (χ4n) is 2.21. The van der Waals surface area contributed by atoms with Crippen molar-refractivity contribution >= 4 is 33.1 Å². The van der Waals surface area contributed by atoms with Crippen molar-refractivity contribution < 1.29 is 27.7 Å². The minimum atomic E-state index is -3.65. The van der Waals surface area contributed by atoms with Crippen LogP contribution in [0.1, 0.15) is 15.9 Å². The quantitative estimate of drug-likeness (QED) is 0.452. The number of benzene rings is 2. The SMILES string of the molecule is Cc1ccc([N+](=O)[O-])cc1NC(=O)COC(=O)c1ccccc1S(C)(=O)=O. The van der Waals surface area contributed by atoms with Crippen LogP contribution in [0.2, 0.25) is 0 Å². The van der Waals surface area contributed by atoms with Gasteiger partial charge < -0.3 is 10.1 Å². The number of carbonyl (C=O) groups excluding carboxylic acids is 2. The monoisotopic (exact) mass is 392 g/mol. The van der Waals surface area contributed by atoms with Crippen LogP contribution < -0.4 is 5.32 Å². The van der Waals surface area contributed by atoms with Gasteiger partial charge in [0.2, 0.25) is 0 Å². The minimum absolute atomic E-state index is 0.181. The summed E-state index contributed by atoms with van der Waals surface area (Å²) < 4.78 is 28.3. The molecule has 0 radical (unpaired) electrons. The number of ether oxygens (including phenoxy) is 1. The predicted molar refractivity (Wildman–Crippen MR) is 96.3 cm³/mol. The number of nitro groups is 1. The van der Waals surface area contributed by atoms with E-state index >= 15 is 0 Å². The molecule has 27 heavy (non-hydrogen) atoms. The smallest absolute Gasteiger partial charge is 0.339 e. The summed E-state index contributed by atoms with van der Waals surface area (Å²) in [6.07, 6.45) is 0.955. The number of anilines is 1. The molecule has 0 bridgehead atoms. The first-order chi connectivity index (χ1) is 12.6. The van der Waals surface area contributed by atoms with E-state index in [1.807, 2.05) is 0 Å². The molecule has 0 saturated heterocycles. The van der Waals surface area contributed by atoms with Crippen molar-refractivity contribution in [1.29, 1.82) is 0 Å². The van der Waals surface area contributed by atoms with Crippen LogP contribution in [0.25, 0.3) is 0 Å². The van der Waals surface area contributed by atoms with Gasteiger partial charge in [0.15, 0.2) is 16.4 Å². The fraction of sp³-hybridized carbons (Fsp3) is 0.176. The van der Waals surface area contributed by atoms with E-state index in [0.717, 1.165) is 6.26 Å². The van der Waals surface area contributed by atoms with Crippen molar-refractivity contribution in [2.75, 3.05) is 18.2 Å². The molecule has 0 fully saturated rings. The molecule has 9 nitrogen and oxygen atoms in total. The number of hydrogen-bond donors (Lipinski definition) is 1. The molecule has 0 heterocycles. The van der Waals surface area contributed by atoms with E-state index in [0.29, 0.717) is 5.56 Å². The maximum atomic E-state index is 12.1. The maximum Gasteiger partial charge on any atom is 0.339 e. The fourth-order valence-corrected chi connectivity index (χ4v) is 3.09. The third-order valence-electron chi connectivity index (χ3n) is 3.55. The van der Waals surface area contributed by atoms with Gasteiger partial charge in [-0.3, -0.25) is 14.9 Å². The molecule has 142 valence electrons. The minimum Gasteiger partial charge on any atom is -0.452 e. The number of rotatable bonds is 6. The second-order valence-corrected chi connectivity index (χ2v) is 7.63. The zero-order valence-corrected chi connectivity index (χ0v) is 15.3. The topological polar surface area (TPSA) is 133 Å². The first-order valence-electron chi connectivity index (χ1n) is 7.60. The number of hydrogen-bond acceptors (Lipinski definition) is 7. The second kappa shape index (κ2) is 7.96. The first kappa shape index (κ1) is 20.0. The van der Waals surface area contributed by atoms with Crippen LogP contribution in [0.3, 0.4) is 0 Å². The van der Waals surface area contributed by atoms with Gasteiger partial charge in [0.05, 0.1) is 21.1 Å². The van der Waals surface area contributed by atoms with Crippen LogP contribution in [-0.2, 0) is 19.4 Å². The average molecular weight is 392 g/mol. The Bertz CT molecular complexity index is 1020. The van der Waals surface area contributed by atoms with E-state index in [1.54, 1.807) is 6.92 Å². The van der Waals surface area contributed by atoms with Gasteiger partial charge in [-0.25, -0.2) is 13.2 Å². The molecule has 0 spiro atoms. The molecule has 1 amide bonds. The molecular weight excluding hydrogens is 376 g/mol. The number of nitro benzene ring substituents is 1. The third-order valence-corrected chi connectivity index (χ3v) is 4.70. The highest BCUT2D eigenvalue weighted by atomic mass is 32.2. The molecule has 0 aliphatic rings. The number of aryl methyl sites for hydroxylation is 1. The van der Waals surface area contributed by atoms with Crippen LogP contribution in [-0.4, -0.2) is 38.1 Å². The molecule has 2 rings (SSSR count). The van der Waals surface area contributed by atoms with Gasteiger partial charge in [0, 0.05) is 18.4 Å². The molecule has 1 N–H and O–H groups in total. The van der Waals surface area contributed by atoms with Crippen molar-refractivity contribution in [1.82, 2.24) is 0 Å². The van der Waals surface area contributed by atoms with Crippen LogP contribution in [0.15, 0.2) is 47.4 Å². The van der Waals surface area contributed by atoms with Crippen molar-refractivity contribution in [3.05, 3.63) is 63.7 Å². The Balaban J connectivity index is 2.08. The third kappa shape index (κ3) is 5.11. The summed E-state index contributed by atoms with van der Waals surface area (Å²) in [5.74, 6) is -1.69. The molecule has 0 atom stereocenters. The van der Waals surface area contributed by atoms with Gasteiger partial charge in [-0.05, 0) is 24.6 Å². The van der Waals surface area contributed by atoms with Gasteiger partial charge in [-0.2, -0.15) is 0 Å². The summed E-state index contributed by atoms with van der Waals surface area (Å²) in [6.45, 7) is 0.965. The molecule has 0 saturated carbocycles. The van der Waals surface area contributed by atoms with Crippen LogP contribution >= 0.6 is 0 Å². The standard InChI is InChI=1S/C17H16N2O7S/c1-11-7-8-12(19(22)23)9-14(11)18-16(20)10-26-17(21)13-5-3-4-6-15(13)27(2,24)25/h3-9H,10H2,1-2H3,(H,18,20). The second-order valence-electron chi connectivity index (χ2n) is 5.65. The van der Waals surface area contributed by atoms with Crippen LogP contribution in [0.4, 0.5) is 11.4 Å². The highest BCUT2D eigenvalue weighted by Gasteiger charge is 2.20. The Morgan fingerprint density at radius 1 is 1.19 bits per heavy atom. The predicted octanol–water partition coefficient (Wildman–Crippen LogP) is 2.10. The summed E-state index contributed by atoms with van der Waals surface area (Å²) in [7, 11) is -3.65. The summed E-state index contributed by atoms with van der Waals surface area (Å²) in [4.78, 5) is 34.1. The molecule has 0 aromatic heterocycles. The Labute approximate surface area is 155 Å². The number of amides is 1. The van der Waals surface area contributed by atoms with Crippen molar-refractivity contribution in [2.24, 2.45) is 0 Å². The normalized spacial score (nSPS) is 10.9. The summed E-state index contributed by atoms with van der Waals surface area (Å²) in [5.41, 5.74) is 0.416. The van der Waals surface area contributed by atoms with E-state index in [2.05, 4.69) is 5.32 Å². The van der Waals surface area contributed by atoms with Gasteiger partial charge in [0.25, 0.3) is 11.6 Å². The summed E-state index contributed by atoms with van der Waals surface area (Å²) in [5, 5.41) is 13.2. The van der Waals surface area contributed by atoms with Crippen molar-refractivity contribution in [2.45, 2.75) is 11.8 Å². The first-order valence-corrected chi connectivity index (χ1v) is 9.50. The number of carbonyl (C=O) groups is 2. The molecule has 0 aliphatic carbocycles. The highest BCUT2D eigenvalue weighted by Crippen LogP contribution is 2.22. The number of non-ortho nitro benzene ring substituents is 1. The van der Waals surface area contributed by atoms with Crippen molar-refractivity contribution in [3.8, 4) is 0 Å². The molecular formula is C17H16N2O7S. The average Bonchev–Trinajstić information content (AvgIpc) is 2.60. The Hall–Kier alpha value is -3.27. The van der Waals surface area contributed by atoms with E-state index in [-0.39, 0.29) is 21.8 Å². The summed E-state index contributed by atoms with van der Waals surface area (Å²) >= 11 is 0. The lowest BCUT2D eigenvalue weighted by atomic mass is 10.2. The molecule has 2 aromatic carbocycles. The van der Waals surface area contributed by atoms with E-state index in [1.165, 1.54) is 42.5 Å². The lowest BCUT2D eigenvalue weighted by Crippen LogP contribution is -2.22. The molecule has 10 heteroatoms. The number of nitrogens with zero attached hydrogens (tertiary/aromatic N) is 1. The van der Waals surface area contributed by atoms with Gasteiger partial charge in [0.1, 0.15) is 0 Å². The van der Waals surface area contributed by atoms with E-state index < -0.39 is 33.2 Å². The zero-order valence-electron chi connectivity index (χ0n) is 14.5. The Kier molecular flexibility index (Phi) is 5.91. The van der Waals surface area contributed by atoms with E-state index in [9.17, 15) is 28.1 Å². The maximum absolute atomic E-state index is 12.1. The van der Waals surface area contributed by atoms with Gasteiger partial charge in [-0.15, -0.1) is 0 Å². The van der Waals surface area contributed by atoms with Gasteiger partial charge in [-0.1, -0.05) is 18.2 Å². The summed E-state index contributed by atoms with van der Waals surface area (Å²) in [6, 6.07) is 9.44. The molecule has 0 unspecified atom stereocenters. The Morgan fingerprint density at radius 3 is 2.48 bits per heavy atom. The number of esters is 1. The van der Waals surface area contributed by atoms with Gasteiger partial charge >= 0.3 is 5.97 Å². The van der Waals surface area contributed by atoms with Crippen LogP contribution in [0, 0.1) is 17.0 Å². The number of sulfone groups is 1. The lowest BCUT2D eigenvalue weighted by molar-refractivity contribution is -0.384. The highest BCUT2D eigenvalue weighted by molar-refractivity contribution is 7.90. The van der Waals surface area contributed by atoms with E-state index in [4.69, 9.17) is 4.74 Å². The van der Waals surface area contributed by atoms with Crippen molar-refractivity contribution in [3.63, 3.8) is 0 Å². The zero-order chi connectivity index (χ0) is 20.2. The Morgan fingerprint density at radius 2 is 1.85 bits per heavy atom. The van der Waals surface area contributed by atoms with Crippen LogP contribution in [0.5, 0.6) is 0 Å². The molecule has 2 aromatic rings. The molecule has 0 aliphatic heterocycles.